The summed E-state index contributed by atoms with van der Waals surface area (Å²) in [6.45, 7) is 4.08. The molecular formula is C15H23N3. The van der Waals surface area contributed by atoms with Gasteiger partial charge < -0.3 is 16.8 Å². The van der Waals surface area contributed by atoms with Crippen LogP contribution in [-0.2, 0) is 6.42 Å². The van der Waals surface area contributed by atoms with Gasteiger partial charge in [0.15, 0.2) is 0 Å². The predicted molar refractivity (Wildman–Crippen MR) is 77.3 cm³/mol. The van der Waals surface area contributed by atoms with Crippen LogP contribution in [0.2, 0.25) is 0 Å². The monoisotopic (exact) mass is 245 g/mol. The molecule has 1 aliphatic heterocycles. The first-order valence-electron chi connectivity index (χ1n) is 6.76. The topological polar surface area (TPSA) is 64.1 Å². The Morgan fingerprint density at radius 3 is 2.89 bits per heavy atom. The Balaban J connectivity index is 2.26. The number of anilines is 1. The minimum absolute atomic E-state index is 0.0744. The molecule has 18 heavy (non-hydrogen) atoms. The molecule has 2 rings (SSSR count). The highest BCUT2D eigenvalue weighted by Gasteiger charge is 2.17. The van der Waals surface area contributed by atoms with Crippen LogP contribution in [-0.4, -0.2) is 13.1 Å². The fraction of sp³-hybridized carbons (Fsp3) is 0.467. The molecule has 5 N–H and O–H groups in total. The maximum absolute atomic E-state index is 6.35. The minimum atomic E-state index is -0.0744. The van der Waals surface area contributed by atoms with E-state index in [-0.39, 0.29) is 6.04 Å². The maximum atomic E-state index is 6.35. The molecule has 0 spiro atoms. The quantitative estimate of drug-likeness (QED) is 0.562. The molecule has 98 valence electrons. The average molecular weight is 245 g/mol. The van der Waals surface area contributed by atoms with E-state index in [0.29, 0.717) is 0 Å². The van der Waals surface area contributed by atoms with Gasteiger partial charge in [0.1, 0.15) is 0 Å². The SMILES string of the molecule is CCCc1cccc(C(N)C2=CCCNC2)c1N. The summed E-state index contributed by atoms with van der Waals surface area (Å²) in [4.78, 5) is 0. The van der Waals surface area contributed by atoms with E-state index < -0.39 is 0 Å². The number of nitrogens with two attached hydrogens (primary N) is 2. The summed E-state index contributed by atoms with van der Waals surface area (Å²) in [5.41, 5.74) is 17.0. The van der Waals surface area contributed by atoms with Crippen molar-refractivity contribution in [3.63, 3.8) is 0 Å². The third kappa shape index (κ3) is 2.74. The summed E-state index contributed by atoms with van der Waals surface area (Å²) in [6, 6.07) is 6.14. The zero-order valence-electron chi connectivity index (χ0n) is 11.1. The third-order valence-electron chi connectivity index (χ3n) is 3.54. The highest BCUT2D eigenvalue weighted by molar-refractivity contribution is 5.57. The van der Waals surface area contributed by atoms with Crippen LogP contribution in [0.3, 0.4) is 0 Å². The van der Waals surface area contributed by atoms with E-state index in [9.17, 15) is 0 Å². The lowest BCUT2D eigenvalue weighted by Crippen LogP contribution is -2.28. The number of benzene rings is 1. The molecule has 0 bridgehead atoms. The van der Waals surface area contributed by atoms with E-state index in [0.717, 1.165) is 43.6 Å². The number of rotatable bonds is 4. The first kappa shape index (κ1) is 13.1. The second-order valence-electron chi connectivity index (χ2n) is 4.89. The largest absolute Gasteiger partial charge is 0.398 e. The fourth-order valence-corrected chi connectivity index (χ4v) is 2.49. The molecule has 0 radical (unpaired) electrons. The Hall–Kier alpha value is -1.32. The van der Waals surface area contributed by atoms with Gasteiger partial charge in [0.2, 0.25) is 0 Å². The van der Waals surface area contributed by atoms with Crippen LogP contribution in [0.25, 0.3) is 0 Å². The van der Waals surface area contributed by atoms with E-state index in [1.165, 1.54) is 11.1 Å². The van der Waals surface area contributed by atoms with Crippen LogP contribution >= 0.6 is 0 Å². The normalized spacial score (nSPS) is 17.3. The van der Waals surface area contributed by atoms with Gasteiger partial charge in [0, 0.05) is 12.2 Å². The van der Waals surface area contributed by atoms with E-state index in [1.807, 2.05) is 0 Å². The van der Waals surface area contributed by atoms with Crippen LogP contribution in [0, 0.1) is 0 Å². The molecule has 0 saturated carbocycles. The van der Waals surface area contributed by atoms with Gasteiger partial charge in [-0.1, -0.05) is 37.6 Å². The van der Waals surface area contributed by atoms with E-state index in [2.05, 4.69) is 36.5 Å². The molecule has 1 atom stereocenters. The van der Waals surface area contributed by atoms with Crippen molar-refractivity contribution in [2.24, 2.45) is 5.73 Å². The van der Waals surface area contributed by atoms with Gasteiger partial charge in [0.05, 0.1) is 6.04 Å². The van der Waals surface area contributed by atoms with Crippen molar-refractivity contribution >= 4 is 5.69 Å². The summed E-state index contributed by atoms with van der Waals surface area (Å²) in [6.07, 6.45) is 5.42. The smallest absolute Gasteiger partial charge is 0.0543 e. The van der Waals surface area contributed by atoms with Gasteiger partial charge >= 0.3 is 0 Å². The molecule has 0 fully saturated rings. The van der Waals surface area contributed by atoms with Gasteiger partial charge in [-0.25, -0.2) is 0 Å². The zero-order chi connectivity index (χ0) is 13.0. The molecule has 1 unspecified atom stereocenters. The lowest BCUT2D eigenvalue weighted by Gasteiger charge is -2.23. The summed E-state index contributed by atoms with van der Waals surface area (Å²) in [5, 5.41) is 3.36. The summed E-state index contributed by atoms with van der Waals surface area (Å²) in [7, 11) is 0. The maximum Gasteiger partial charge on any atom is 0.0543 e. The van der Waals surface area contributed by atoms with Gasteiger partial charge in [-0.15, -0.1) is 0 Å². The molecule has 0 aromatic heterocycles. The number of aryl methyl sites for hydroxylation is 1. The Bertz CT molecular complexity index is 437. The molecule has 3 nitrogen and oxygen atoms in total. The second kappa shape index (κ2) is 6.03. The summed E-state index contributed by atoms with van der Waals surface area (Å²) >= 11 is 0. The average Bonchev–Trinajstić information content (AvgIpc) is 2.42. The standard InChI is InChI=1S/C15H23N3/c1-2-5-11-6-3-8-13(14(11)16)15(17)12-7-4-9-18-10-12/h3,6-8,15,18H,2,4-5,9-10,16-17H2,1H3. The molecule has 1 aliphatic rings. The van der Waals surface area contributed by atoms with Crippen molar-refractivity contribution in [3.05, 3.63) is 41.0 Å². The Kier molecular flexibility index (Phi) is 4.39. The molecule has 0 amide bonds. The molecular weight excluding hydrogens is 222 g/mol. The second-order valence-corrected chi connectivity index (χ2v) is 4.89. The Morgan fingerprint density at radius 1 is 1.39 bits per heavy atom. The van der Waals surface area contributed by atoms with Crippen molar-refractivity contribution < 1.29 is 0 Å². The number of hydrogen-bond acceptors (Lipinski definition) is 3. The molecule has 0 saturated heterocycles. The van der Waals surface area contributed by atoms with Gasteiger partial charge in [-0.05, 0) is 36.1 Å². The van der Waals surface area contributed by atoms with Crippen molar-refractivity contribution in [2.45, 2.75) is 32.2 Å². The van der Waals surface area contributed by atoms with Crippen molar-refractivity contribution in [2.75, 3.05) is 18.8 Å². The molecule has 1 aromatic rings. The lowest BCUT2D eigenvalue weighted by molar-refractivity contribution is 0.654. The number of para-hydroxylation sites is 1. The molecule has 1 heterocycles. The van der Waals surface area contributed by atoms with Crippen molar-refractivity contribution in [3.8, 4) is 0 Å². The molecule has 1 aromatic carbocycles. The first-order chi connectivity index (χ1) is 8.74. The van der Waals surface area contributed by atoms with Crippen LogP contribution in [0.15, 0.2) is 29.8 Å². The Morgan fingerprint density at radius 2 is 2.22 bits per heavy atom. The van der Waals surface area contributed by atoms with Crippen LogP contribution in [0.1, 0.15) is 36.9 Å². The highest BCUT2D eigenvalue weighted by atomic mass is 14.9. The minimum Gasteiger partial charge on any atom is -0.398 e. The number of nitrogens with one attached hydrogen (secondary N) is 1. The third-order valence-corrected chi connectivity index (χ3v) is 3.54. The molecule has 3 heteroatoms. The number of hydrogen-bond donors (Lipinski definition) is 3. The van der Waals surface area contributed by atoms with Gasteiger partial charge in [0.25, 0.3) is 0 Å². The van der Waals surface area contributed by atoms with E-state index >= 15 is 0 Å². The number of nitrogen functional groups attached to an aromatic ring is 1. The zero-order valence-corrected chi connectivity index (χ0v) is 11.1. The van der Waals surface area contributed by atoms with Crippen molar-refractivity contribution in [1.29, 1.82) is 0 Å². The van der Waals surface area contributed by atoms with Crippen LogP contribution in [0.5, 0.6) is 0 Å². The van der Waals surface area contributed by atoms with Crippen LogP contribution < -0.4 is 16.8 Å². The Labute approximate surface area is 109 Å². The van der Waals surface area contributed by atoms with Gasteiger partial charge in [-0.2, -0.15) is 0 Å². The van der Waals surface area contributed by atoms with Crippen molar-refractivity contribution in [1.82, 2.24) is 5.32 Å². The van der Waals surface area contributed by atoms with E-state index in [4.69, 9.17) is 11.5 Å². The highest BCUT2D eigenvalue weighted by Crippen LogP contribution is 2.28. The van der Waals surface area contributed by atoms with Crippen LogP contribution in [0.4, 0.5) is 5.69 Å². The van der Waals surface area contributed by atoms with Gasteiger partial charge in [-0.3, -0.25) is 0 Å². The van der Waals surface area contributed by atoms with E-state index in [1.54, 1.807) is 0 Å². The fourth-order valence-electron chi connectivity index (χ4n) is 2.49. The lowest BCUT2D eigenvalue weighted by atomic mass is 9.93. The first-order valence-corrected chi connectivity index (χ1v) is 6.76. The predicted octanol–water partition coefficient (Wildman–Crippen LogP) is 2.14. The molecule has 0 aliphatic carbocycles. The summed E-state index contributed by atoms with van der Waals surface area (Å²) < 4.78 is 0. The summed E-state index contributed by atoms with van der Waals surface area (Å²) in [5.74, 6) is 0.